The van der Waals surface area contributed by atoms with Crippen LogP contribution in [-0.2, 0) is 4.79 Å². The summed E-state index contributed by atoms with van der Waals surface area (Å²) in [5, 5.41) is 2.96. The maximum Gasteiger partial charge on any atom is 0.289 e. The Morgan fingerprint density at radius 1 is 1.17 bits per heavy atom. The summed E-state index contributed by atoms with van der Waals surface area (Å²) in [5.41, 5.74) is 1.94. The van der Waals surface area contributed by atoms with Crippen LogP contribution in [-0.4, -0.2) is 29.8 Å². The number of hydrogen-bond acceptors (Lipinski definition) is 3. The Kier molecular flexibility index (Phi) is 4.46. The Morgan fingerprint density at radius 3 is 2.61 bits per heavy atom. The van der Waals surface area contributed by atoms with Gasteiger partial charge >= 0.3 is 0 Å². The molecule has 0 saturated carbocycles. The molecule has 1 aromatic heterocycles. The predicted octanol–water partition coefficient (Wildman–Crippen LogP) is 3.08. The monoisotopic (exact) mass is 312 g/mol. The number of rotatable bonds is 3. The van der Waals surface area contributed by atoms with Crippen molar-refractivity contribution in [3.05, 3.63) is 54.0 Å². The second-order valence-corrected chi connectivity index (χ2v) is 5.90. The second-order valence-electron chi connectivity index (χ2n) is 5.90. The minimum atomic E-state index is -0.104. The molecule has 1 N–H and O–H groups in total. The van der Waals surface area contributed by atoms with Crippen LogP contribution >= 0.6 is 0 Å². The second kappa shape index (κ2) is 6.69. The van der Waals surface area contributed by atoms with Crippen LogP contribution in [0.25, 0.3) is 0 Å². The van der Waals surface area contributed by atoms with Gasteiger partial charge in [-0.05, 0) is 49.6 Å². The van der Waals surface area contributed by atoms with Crippen LogP contribution in [0, 0.1) is 12.8 Å². The lowest BCUT2D eigenvalue weighted by Gasteiger charge is -2.30. The molecule has 2 heterocycles. The highest BCUT2D eigenvalue weighted by Gasteiger charge is 2.28. The molecule has 5 heteroatoms. The number of benzene rings is 1. The van der Waals surface area contributed by atoms with Gasteiger partial charge in [0, 0.05) is 24.7 Å². The molecule has 1 aliphatic heterocycles. The van der Waals surface area contributed by atoms with Gasteiger partial charge in [0.1, 0.15) is 0 Å². The van der Waals surface area contributed by atoms with Crippen molar-refractivity contribution in [1.82, 2.24) is 4.90 Å². The topological polar surface area (TPSA) is 62.6 Å². The van der Waals surface area contributed by atoms with Crippen LogP contribution in [0.3, 0.4) is 0 Å². The number of amides is 2. The third-order valence-electron chi connectivity index (χ3n) is 4.17. The fourth-order valence-corrected chi connectivity index (χ4v) is 2.87. The van der Waals surface area contributed by atoms with Gasteiger partial charge in [0.2, 0.25) is 5.91 Å². The molecule has 1 saturated heterocycles. The molecule has 1 fully saturated rings. The normalized spacial score (nSPS) is 15.4. The molecule has 5 nitrogen and oxygen atoms in total. The summed E-state index contributed by atoms with van der Waals surface area (Å²) in [4.78, 5) is 26.3. The van der Waals surface area contributed by atoms with E-state index >= 15 is 0 Å². The average Bonchev–Trinajstić information content (AvgIpc) is 3.09. The lowest BCUT2D eigenvalue weighted by Crippen LogP contribution is -2.41. The summed E-state index contributed by atoms with van der Waals surface area (Å²) >= 11 is 0. The SMILES string of the molecule is Cc1cccc(NC(=O)C2CCN(C(=O)c3ccco3)CC2)c1. The minimum absolute atomic E-state index is 0.0284. The molecule has 23 heavy (non-hydrogen) atoms. The lowest BCUT2D eigenvalue weighted by atomic mass is 9.95. The number of piperidine rings is 1. The lowest BCUT2D eigenvalue weighted by molar-refractivity contribution is -0.121. The van der Waals surface area contributed by atoms with E-state index in [-0.39, 0.29) is 17.7 Å². The number of carbonyl (C=O) groups is 2. The number of anilines is 1. The van der Waals surface area contributed by atoms with Crippen LogP contribution in [0.4, 0.5) is 5.69 Å². The molecule has 0 radical (unpaired) electrons. The molecule has 1 aliphatic rings. The van der Waals surface area contributed by atoms with Crippen LogP contribution in [0.15, 0.2) is 47.1 Å². The molecule has 0 unspecified atom stereocenters. The summed E-state index contributed by atoms with van der Waals surface area (Å²) in [6.07, 6.45) is 2.84. The van der Waals surface area contributed by atoms with E-state index in [1.54, 1.807) is 17.0 Å². The van der Waals surface area contributed by atoms with Crippen molar-refractivity contribution < 1.29 is 14.0 Å². The van der Waals surface area contributed by atoms with Crippen LogP contribution in [0.1, 0.15) is 29.0 Å². The van der Waals surface area contributed by atoms with E-state index in [9.17, 15) is 9.59 Å². The third-order valence-corrected chi connectivity index (χ3v) is 4.17. The first-order valence-electron chi connectivity index (χ1n) is 7.84. The fourth-order valence-electron chi connectivity index (χ4n) is 2.87. The van der Waals surface area contributed by atoms with Crippen molar-refractivity contribution in [3.63, 3.8) is 0 Å². The quantitative estimate of drug-likeness (QED) is 0.947. The Hall–Kier alpha value is -2.56. The molecular weight excluding hydrogens is 292 g/mol. The molecular formula is C18H20N2O3. The number of hydrogen-bond donors (Lipinski definition) is 1. The molecule has 1 aromatic carbocycles. The Bertz CT molecular complexity index is 686. The van der Waals surface area contributed by atoms with E-state index in [0.29, 0.717) is 31.7 Å². The van der Waals surface area contributed by atoms with E-state index in [1.165, 1.54) is 6.26 Å². The van der Waals surface area contributed by atoms with E-state index in [2.05, 4.69) is 5.32 Å². The van der Waals surface area contributed by atoms with Crippen molar-refractivity contribution >= 4 is 17.5 Å². The summed E-state index contributed by atoms with van der Waals surface area (Å²) in [6, 6.07) is 11.1. The van der Waals surface area contributed by atoms with E-state index in [1.807, 2.05) is 31.2 Å². The Balaban J connectivity index is 1.54. The van der Waals surface area contributed by atoms with Gasteiger partial charge in [-0.15, -0.1) is 0 Å². The van der Waals surface area contributed by atoms with Crippen molar-refractivity contribution in [2.24, 2.45) is 5.92 Å². The van der Waals surface area contributed by atoms with Gasteiger partial charge in [-0.3, -0.25) is 9.59 Å². The first-order chi connectivity index (χ1) is 11.1. The van der Waals surface area contributed by atoms with Gasteiger partial charge in [-0.25, -0.2) is 0 Å². The fraction of sp³-hybridized carbons (Fsp3) is 0.333. The number of furan rings is 1. The zero-order chi connectivity index (χ0) is 16.2. The first-order valence-corrected chi connectivity index (χ1v) is 7.84. The van der Waals surface area contributed by atoms with E-state index in [4.69, 9.17) is 4.42 Å². The summed E-state index contributed by atoms with van der Waals surface area (Å²) in [7, 11) is 0. The number of aryl methyl sites for hydroxylation is 1. The third kappa shape index (κ3) is 3.62. The van der Waals surface area contributed by atoms with Gasteiger partial charge in [-0.2, -0.15) is 0 Å². The average molecular weight is 312 g/mol. The molecule has 2 amide bonds. The van der Waals surface area contributed by atoms with E-state index in [0.717, 1.165) is 11.3 Å². The molecule has 2 aromatic rings. The minimum Gasteiger partial charge on any atom is -0.459 e. The largest absolute Gasteiger partial charge is 0.459 e. The predicted molar refractivity (Wildman–Crippen MR) is 87.1 cm³/mol. The molecule has 120 valence electrons. The summed E-state index contributed by atoms with van der Waals surface area (Å²) < 4.78 is 5.14. The molecule has 0 aliphatic carbocycles. The zero-order valence-corrected chi connectivity index (χ0v) is 13.1. The van der Waals surface area contributed by atoms with Gasteiger partial charge < -0.3 is 14.6 Å². The standard InChI is InChI=1S/C18H20N2O3/c1-13-4-2-5-15(12-13)19-17(21)14-7-9-20(10-8-14)18(22)16-6-3-11-23-16/h2-6,11-12,14H,7-10H2,1H3,(H,19,21). The Labute approximate surface area is 135 Å². The number of carbonyl (C=O) groups excluding carboxylic acids is 2. The first kappa shape index (κ1) is 15.3. The summed E-state index contributed by atoms with van der Waals surface area (Å²) in [6.45, 7) is 3.14. The van der Waals surface area contributed by atoms with E-state index < -0.39 is 0 Å². The zero-order valence-electron chi connectivity index (χ0n) is 13.1. The highest BCUT2D eigenvalue weighted by atomic mass is 16.3. The maximum atomic E-state index is 12.4. The van der Waals surface area contributed by atoms with Gasteiger partial charge in [0.15, 0.2) is 5.76 Å². The molecule has 0 spiro atoms. The van der Waals surface area contributed by atoms with Crippen molar-refractivity contribution in [3.8, 4) is 0 Å². The van der Waals surface area contributed by atoms with Crippen molar-refractivity contribution in [2.45, 2.75) is 19.8 Å². The van der Waals surface area contributed by atoms with Crippen LogP contribution < -0.4 is 5.32 Å². The smallest absolute Gasteiger partial charge is 0.289 e. The molecule has 0 bridgehead atoms. The van der Waals surface area contributed by atoms with Gasteiger partial charge in [-0.1, -0.05) is 12.1 Å². The molecule has 3 rings (SSSR count). The maximum absolute atomic E-state index is 12.4. The molecule has 0 atom stereocenters. The Morgan fingerprint density at radius 2 is 1.96 bits per heavy atom. The van der Waals surface area contributed by atoms with Crippen molar-refractivity contribution in [1.29, 1.82) is 0 Å². The van der Waals surface area contributed by atoms with Gasteiger partial charge in [0.25, 0.3) is 5.91 Å². The number of nitrogens with one attached hydrogen (secondary N) is 1. The highest BCUT2D eigenvalue weighted by molar-refractivity contribution is 5.94. The number of nitrogens with zero attached hydrogens (tertiary/aromatic N) is 1. The highest BCUT2D eigenvalue weighted by Crippen LogP contribution is 2.21. The summed E-state index contributed by atoms with van der Waals surface area (Å²) in [5.74, 6) is 0.220. The van der Waals surface area contributed by atoms with Crippen molar-refractivity contribution in [2.75, 3.05) is 18.4 Å². The van der Waals surface area contributed by atoms with Crippen LogP contribution in [0.2, 0.25) is 0 Å². The number of likely N-dealkylation sites (tertiary alicyclic amines) is 1. The van der Waals surface area contributed by atoms with Crippen LogP contribution in [0.5, 0.6) is 0 Å². The van der Waals surface area contributed by atoms with Gasteiger partial charge in [0.05, 0.1) is 6.26 Å².